The molecule has 1 aliphatic rings. The number of rotatable bonds is 2. The average Bonchev–Trinajstić information content (AvgIpc) is 2.40. The Bertz CT molecular complexity index is 434. The summed E-state index contributed by atoms with van der Waals surface area (Å²) in [6.45, 7) is 2.04. The Morgan fingerprint density at radius 1 is 1.19 bits per heavy atom. The van der Waals surface area contributed by atoms with Crippen LogP contribution in [0.3, 0.4) is 0 Å². The normalized spacial score (nSPS) is 27.6. The van der Waals surface area contributed by atoms with Gasteiger partial charge >= 0.3 is 0 Å². The predicted molar refractivity (Wildman–Crippen MR) is 65.8 cm³/mol. The van der Waals surface area contributed by atoms with Gasteiger partial charge in [-0.3, -0.25) is 0 Å². The molecule has 0 heterocycles. The minimum Gasteiger partial charge on any atom is -0.197 e. The standard InChI is InChI=1S/C15H15N/c1-2-15(12-16)10-8-14(9-11-15)13-6-4-3-5-7-13/h3-11,14H,2H2,1H3. The van der Waals surface area contributed by atoms with Crippen LogP contribution in [0.15, 0.2) is 54.6 Å². The summed E-state index contributed by atoms with van der Waals surface area (Å²) >= 11 is 0. The molecular formula is C15H15N. The quantitative estimate of drug-likeness (QED) is 0.679. The van der Waals surface area contributed by atoms with E-state index in [-0.39, 0.29) is 5.41 Å². The summed E-state index contributed by atoms with van der Waals surface area (Å²) in [6.07, 6.45) is 9.15. The van der Waals surface area contributed by atoms with E-state index in [1.54, 1.807) is 0 Å². The molecule has 0 unspecified atom stereocenters. The van der Waals surface area contributed by atoms with Gasteiger partial charge in [-0.15, -0.1) is 0 Å². The molecule has 16 heavy (non-hydrogen) atoms. The smallest absolute Gasteiger partial charge is 0.0931 e. The first kappa shape index (κ1) is 10.7. The lowest BCUT2D eigenvalue weighted by atomic mass is 9.79. The summed E-state index contributed by atoms with van der Waals surface area (Å²) in [5, 5.41) is 9.15. The predicted octanol–water partition coefficient (Wildman–Crippen LogP) is 3.82. The van der Waals surface area contributed by atoms with Gasteiger partial charge in [-0.1, -0.05) is 61.6 Å². The SMILES string of the molecule is CCC1(C#N)C=CC(c2ccccc2)C=C1. The fourth-order valence-corrected chi connectivity index (χ4v) is 1.96. The van der Waals surface area contributed by atoms with Crippen LogP contribution < -0.4 is 0 Å². The lowest BCUT2D eigenvalue weighted by Crippen LogP contribution is -2.14. The monoisotopic (exact) mass is 209 g/mol. The van der Waals surface area contributed by atoms with E-state index in [0.717, 1.165) is 6.42 Å². The lowest BCUT2D eigenvalue weighted by molar-refractivity contribution is 0.604. The lowest BCUT2D eigenvalue weighted by Gasteiger charge is -2.22. The van der Waals surface area contributed by atoms with Gasteiger partial charge in [0.2, 0.25) is 0 Å². The maximum atomic E-state index is 9.15. The van der Waals surface area contributed by atoms with Crippen molar-refractivity contribution in [3.05, 3.63) is 60.2 Å². The fourth-order valence-electron chi connectivity index (χ4n) is 1.96. The Kier molecular flexibility index (Phi) is 2.92. The van der Waals surface area contributed by atoms with E-state index in [9.17, 15) is 0 Å². The maximum Gasteiger partial charge on any atom is 0.0931 e. The molecule has 1 aromatic rings. The van der Waals surface area contributed by atoms with E-state index in [1.807, 2.05) is 37.3 Å². The highest BCUT2D eigenvalue weighted by Crippen LogP contribution is 2.33. The molecule has 1 nitrogen and oxygen atoms in total. The zero-order valence-electron chi connectivity index (χ0n) is 9.43. The van der Waals surface area contributed by atoms with E-state index in [0.29, 0.717) is 5.92 Å². The second kappa shape index (κ2) is 4.37. The average molecular weight is 209 g/mol. The molecule has 0 spiro atoms. The molecule has 0 atom stereocenters. The second-order valence-corrected chi connectivity index (χ2v) is 4.16. The van der Waals surface area contributed by atoms with Gasteiger partial charge in [-0.2, -0.15) is 5.26 Å². The second-order valence-electron chi connectivity index (χ2n) is 4.16. The highest BCUT2D eigenvalue weighted by Gasteiger charge is 2.24. The number of allylic oxidation sites excluding steroid dienone is 4. The van der Waals surface area contributed by atoms with Crippen LogP contribution in [0.1, 0.15) is 24.8 Å². The van der Waals surface area contributed by atoms with E-state index >= 15 is 0 Å². The van der Waals surface area contributed by atoms with Crippen molar-refractivity contribution in [1.82, 2.24) is 0 Å². The Balaban J connectivity index is 2.22. The first-order valence-corrected chi connectivity index (χ1v) is 5.64. The first-order valence-electron chi connectivity index (χ1n) is 5.64. The van der Waals surface area contributed by atoms with Crippen LogP contribution in [-0.4, -0.2) is 0 Å². The van der Waals surface area contributed by atoms with E-state index < -0.39 is 0 Å². The summed E-state index contributed by atoms with van der Waals surface area (Å²) in [5.74, 6) is 0.314. The summed E-state index contributed by atoms with van der Waals surface area (Å²) in [7, 11) is 0. The topological polar surface area (TPSA) is 23.8 Å². The first-order chi connectivity index (χ1) is 7.79. The van der Waals surface area contributed by atoms with Gasteiger partial charge in [0, 0.05) is 5.92 Å². The minimum atomic E-state index is -0.384. The van der Waals surface area contributed by atoms with Crippen LogP contribution >= 0.6 is 0 Å². The van der Waals surface area contributed by atoms with Gasteiger partial charge in [0.05, 0.1) is 11.5 Å². The van der Waals surface area contributed by atoms with Crippen molar-refractivity contribution in [1.29, 1.82) is 5.26 Å². The van der Waals surface area contributed by atoms with E-state index in [1.165, 1.54) is 5.56 Å². The molecule has 0 N–H and O–H groups in total. The third-order valence-electron chi connectivity index (χ3n) is 3.18. The third-order valence-corrected chi connectivity index (χ3v) is 3.18. The van der Waals surface area contributed by atoms with Crippen LogP contribution in [0.5, 0.6) is 0 Å². The molecule has 0 saturated heterocycles. The van der Waals surface area contributed by atoms with Crippen LogP contribution in [-0.2, 0) is 0 Å². The fraction of sp³-hybridized carbons (Fsp3) is 0.267. The Hall–Kier alpha value is -1.81. The number of hydrogen-bond donors (Lipinski definition) is 0. The van der Waals surface area contributed by atoms with Crippen molar-refractivity contribution in [3.63, 3.8) is 0 Å². The van der Waals surface area contributed by atoms with Gasteiger partial charge < -0.3 is 0 Å². The largest absolute Gasteiger partial charge is 0.197 e. The van der Waals surface area contributed by atoms with Gasteiger partial charge in [0.1, 0.15) is 0 Å². The molecule has 1 aliphatic carbocycles. The van der Waals surface area contributed by atoms with E-state index in [4.69, 9.17) is 5.26 Å². The molecule has 0 aliphatic heterocycles. The number of nitrogens with zero attached hydrogens (tertiary/aromatic N) is 1. The highest BCUT2D eigenvalue weighted by atomic mass is 14.3. The molecule has 1 aromatic carbocycles. The summed E-state index contributed by atoms with van der Waals surface area (Å²) in [6, 6.07) is 12.7. The third kappa shape index (κ3) is 1.92. The molecule has 0 fully saturated rings. The molecule has 80 valence electrons. The summed E-state index contributed by atoms with van der Waals surface area (Å²) in [4.78, 5) is 0. The number of hydrogen-bond acceptors (Lipinski definition) is 1. The van der Waals surface area contributed by atoms with Crippen molar-refractivity contribution < 1.29 is 0 Å². The molecule has 0 amide bonds. The Labute approximate surface area is 96.7 Å². The summed E-state index contributed by atoms with van der Waals surface area (Å²) in [5.41, 5.74) is 0.892. The number of nitriles is 1. The van der Waals surface area contributed by atoms with Gasteiger partial charge in [-0.05, 0) is 12.0 Å². The van der Waals surface area contributed by atoms with Crippen molar-refractivity contribution in [2.24, 2.45) is 5.41 Å². The van der Waals surface area contributed by atoms with Crippen molar-refractivity contribution in [3.8, 4) is 6.07 Å². The van der Waals surface area contributed by atoms with Crippen molar-refractivity contribution >= 4 is 0 Å². The molecule has 1 heteroatoms. The highest BCUT2D eigenvalue weighted by molar-refractivity contribution is 5.36. The van der Waals surface area contributed by atoms with Crippen molar-refractivity contribution in [2.45, 2.75) is 19.3 Å². The Morgan fingerprint density at radius 2 is 1.81 bits per heavy atom. The number of benzene rings is 1. The zero-order chi connectivity index (χ0) is 11.4. The zero-order valence-corrected chi connectivity index (χ0v) is 9.43. The molecule has 0 aromatic heterocycles. The molecule has 2 rings (SSSR count). The van der Waals surface area contributed by atoms with Crippen LogP contribution in [0.25, 0.3) is 0 Å². The van der Waals surface area contributed by atoms with Crippen LogP contribution in [0.4, 0.5) is 0 Å². The molecule has 0 bridgehead atoms. The molecule has 0 radical (unpaired) electrons. The maximum absolute atomic E-state index is 9.15. The van der Waals surface area contributed by atoms with Crippen LogP contribution in [0.2, 0.25) is 0 Å². The Morgan fingerprint density at radius 3 is 2.31 bits per heavy atom. The van der Waals surface area contributed by atoms with Gasteiger partial charge in [0.15, 0.2) is 0 Å². The van der Waals surface area contributed by atoms with Crippen LogP contribution in [0, 0.1) is 16.7 Å². The minimum absolute atomic E-state index is 0.314. The van der Waals surface area contributed by atoms with E-state index in [2.05, 4.69) is 30.4 Å². The van der Waals surface area contributed by atoms with Gasteiger partial charge in [-0.25, -0.2) is 0 Å². The molecule has 0 saturated carbocycles. The van der Waals surface area contributed by atoms with Gasteiger partial charge in [0.25, 0.3) is 0 Å². The summed E-state index contributed by atoms with van der Waals surface area (Å²) < 4.78 is 0. The van der Waals surface area contributed by atoms with Crippen molar-refractivity contribution in [2.75, 3.05) is 0 Å². The molecular weight excluding hydrogens is 194 g/mol.